The molecule has 4 atom stereocenters. The molecule has 1 saturated heterocycles. The smallest absolute Gasteiger partial charge is 0.328 e. The lowest BCUT2D eigenvalue weighted by atomic mass is 9.97. The van der Waals surface area contributed by atoms with Crippen molar-refractivity contribution in [1.82, 2.24) is 16.0 Å². The van der Waals surface area contributed by atoms with Gasteiger partial charge in [0.15, 0.2) is 0 Å². The number of rotatable bonds is 5. The van der Waals surface area contributed by atoms with E-state index in [0.717, 1.165) is 37.7 Å². The minimum Gasteiger partial charge on any atom is -0.462 e. The summed E-state index contributed by atoms with van der Waals surface area (Å²) in [6.45, 7) is 7.57. The van der Waals surface area contributed by atoms with Gasteiger partial charge in [0.25, 0.3) is 0 Å². The Hall–Kier alpha value is -2.90. The lowest BCUT2D eigenvalue weighted by molar-refractivity contribution is -0.151. The topological polar surface area (TPSA) is 114 Å². The van der Waals surface area contributed by atoms with Gasteiger partial charge in [-0.3, -0.25) is 14.4 Å². The van der Waals surface area contributed by atoms with Crippen molar-refractivity contribution in [2.75, 3.05) is 6.61 Å². The first kappa shape index (κ1) is 30.3. The van der Waals surface area contributed by atoms with Crippen LogP contribution in [0.3, 0.4) is 0 Å². The van der Waals surface area contributed by atoms with Gasteiger partial charge >= 0.3 is 5.97 Å². The summed E-state index contributed by atoms with van der Waals surface area (Å²) in [5.41, 5.74) is 1.03. The van der Waals surface area contributed by atoms with Crippen LogP contribution in [0.2, 0.25) is 0 Å². The third-order valence-corrected chi connectivity index (χ3v) is 6.95. The van der Waals surface area contributed by atoms with E-state index in [-0.39, 0.29) is 36.3 Å². The van der Waals surface area contributed by atoms with Crippen LogP contribution < -0.4 is 16.0 Å². The molecule has 0 spiro atoms. The summed E-state index contributed by atoms with van der Waals surface area (Å²) in [7, 11) is 0. The molecule has 0 radical (unpaired) electrons. The van der Waals surface area contributed by atoms with Crippen LogP contribution in [0.25, 0.3) is 0 Å². The number of benzene rings is 1. The van der Waals surface area contributed by atoms with E-state index in [0.29, 0.717) is 25.7 Å². The van der Waals surface area contributed by atoms with Crippen LogP contribution in [0, 0.1) is 11.8 Å². The number of esters is 1. The fourth-order valence-electron chi connectivity index (χ4n) is 4.42. The minimum atomic E-state index is -0.856. The van der Waals surface area contributed by atoms with Gasteiger partial charge in [0.05, 0.1) is 6.04 Å². The monoisotopic (exact) mass is 515 g/mol. The van der Waals surface area contributed by atoms with Gasteiger partial charge in [-0.15, -0.1) is 0 Å². The van der Waals surface area contributed by atoms with E-state index in [1.54, 1.807) is 0 Å². The first-order chi connectivity index (χ1) is 17.7. The summed E-state index contributed by atoms with van der Waals surface area (Å²) in [5, 5.41) is 8.73. The normalized spacial score (nSPS) is 24.5. The molecule has 1 aliphatic rings. The Kier molecular flexibility index (Phi) is 13.2. The van der Waals surface area contributed by atoms with Crippen molar-refractivity contribution in [2.45, 2.75) is 104 Å². The molecule has 0 aromatic heterocycles. The van der Waals surface area contributed by atoms with Gasteiger partial charge in [0, 0.05) is 12.8 Å². The fourth-order valence-corrected chi connectivity index (χ4v) is 4.42. The van der Waals surface area contributed by atoms with Crippen LogP contribution in [-0.4, -0.2) is 48.4 Å². The average Bonchev–Trinajstić information content (AvgIpc) is 2.87. The molecule has 8 nitrogen and oxygen atoms in total. The number of cyclic esters (lactones) is 1. The number of nitrogens with one attached hydrogen (secondary N) is 3. The molecule has 8 heteroatoms. The van der Waals surface area contributed by atoms with Gasteiger partial charge in [-0.05, 0) is 36.7 Å². The Balaban J connectivity index is 2.22. The summed E-state index contributed by atoms with van der Waals surface area (Å²) in [6.07, 6.45) is 6.16. The van der Waals surface area contributed by atoms with Crippen LogP contribution in [0.15, 0.2) is 30.3 Å². The molecule has 2 rings (SSSR count). The molecule has 0 saturated carbocycles. The van der Waals surface area contributed by atoms with Crippen molar-refractivity contribution in [3.8, 4) is 0 Å². The fraction of sp³-hybridized carbons (Fsp3) is 0.655. The molecule has 1 heterocycles. The Morgan fingerprint density at radius 3 is 2.00 bits per heavy atom. The van der Waals surface area contributed by atoms with Crippen LogP contribution in [0.4, 0.5) is 0 Å². The van der Waals surface area contributed by atoms with Gasteiger partial charge in [-0.2, -0.15) is 0 Å². The molecule has 1 aliphatic heterocycles. The molecule has 1 aromatic carbocycles. The Morgan fingerprint density at radius 2 is 1.41 bits per heavy atom. The van der Waals surface area contributed by atoms with Crippen molar-refractivity contribution in [1.29, 1.82) is 0 Å². The molecule has 206 valence electrons. The van der Waals surface area contributed by atoms with Crippen molar-refractivity contribution in [3.63, 3.8) is 0 Å². The first-order valence-electron chi connectivity index (χ1n) is 13.8. The Labute approximate surface area is 221 Å². The van der Waals surface area contributed by atoms with Crippen LogP contribution in [0.5, 0.6) is 0 Å². The molecule has 0 bridgehead atoms. The average molecular weight is 516 g/mol. The maximum Gasteiger partial charge on any atom is 0.328 e. The third kappa shape index (κ3) is 10.9. The second-order valence-corrected chi connectivity index (χ2v) is 10.5. The third-order valence-electron chi connectivity index (χ3n) is 6.95. The number of carbonyl (C=O) groups excluding carboxylic acids is 4. The number of amides is 3. The van der Waals surface area contributed by atoms with Gasteiger partial charge in [-0.1, -0.05) is 83.7 Å². The van der Waals surface area contributed by atoms with E-state index in [4.69, 9.17) is 4.74 Å². The van der Waals surface area contributed by atoms with Crippen molar-refractivity contribution >= 4 is 23.7 Å². The second kappa shape index (κ2) is 16.0. The zero-order valence-electron chi connectivity index (χ0n) is 22.9. The zero-order valence-corrected chi connectivity index (χ0v) is 22.9. The highest BCUT2D eigenvalue weighted by atomic mass is 16.5. The van der Waals surface area contributed by atoms with Gasteiger partial charge in [-0.25, -0.2) is 4.79 Å². The quantitative estimate of drug-likeness (QED) is 0.518. The summed E-state index contributed by atoms with van der Waals surface area (Å²) in [5.74, 6) is -1.48. The predicted octanol–water partition coefficient (Wildman–Crippen LogP) is 3.67. The summed E-state index contributed by atoms with van der Waals surface area (Å²) < 4.78 is 5.69. The Morgan fingerprint density at radius 1 is 0.811 bits per heavy atom. The number of carbonyl (C=O) groups is 4. The highest BCUT2D eigenvalue weighted by Crippen LogP contribution is 2.14. The largest absolute Gasteiger partial charge is 0.462 e. The van der Waals surface area contributed by atoms with E-state index in [1.807, 2.05) is 58.0 Å². The minimum absolute atomic E-state index is 0.00656. The lowest BCUT2D eigenvalue weighted by Crippen LogP contribution is -2.55. The maximum absolute atomic E-state index is 13.2. The molecule has 1 fully saturated rings. The molecule has 3 amide bonds. The maximum atomic E-state index is 13.2. The van der Waals surface area contributed by atoms with Crippen molar-refractivity contribution in [2.24, 2.45) is 11.8 Å². The SMILES string of the molecule is CC[C@H](C)[C@@H]1NC(=O)[C@H](C(C)C)NC(=O)CCCCCCCC(=O)N[C@@H](Cc2ccccc2)COC1=O. The van der Waals surface area contributed by atoms with Crippen molar-refractivity contribution in [3.05, 3.63) is 35.9 Å². The molecule has 1 aromatic rings. The molecule has 0 unspecified atom stereocenters. The van der Waals surface area contributed by atoms with E-state index in [2.05, 4.69) is 16.0 Å². The molecule has 37 heavy (non-hydrogen) atoms. The van der Waals surface area contributed by atoms with Crippen LogP contribution in [-0.2, 0) is 30.3 Å². The molecule has 3 N–H and O–H groups in total. The summed E-state index contributed by atoms with van der Waals surface area (Å²) in [4.78, 5) is 51.5. The van der Waals surface area contributed by atoms with Crippen molar-refractivity contribution < 1.29 is 23.9 Å². The molecular formula is C29H45N3O5. The number of ether oxygens (including phenoxy) is 1. The van der Waals surface area contributed by atoms with Crippen LogP contribution in [0.1, 0.15) is 84.6 Å². The second-order valence-electron chi connectivity index (χ2n) is 10.5. The molecular weight excluding hydrogens is 470 g/mol. The Bertz CT molecular complexity index is 874. The molecule has 0 aliphatic carbocycles. The van der Waals surface area contributed by atoms with E-state index in [1.165, 1.54) is 0 Å². The van der Waals surface area contributed by atoms with Gasteiger partial charge in [0.2, 0.25) is 17.7 Å². The number of hydrogen-bond donors (Lipinski definition) is 3. The zero-order chi connectivity index (χ0) is 27.2. The van der Waals surface area contributed by atoms with Gasteiger partial charge < -0.3 is 20.7 Å². The van der Waals surface area contributed by atoms with Crippen LogP contribution >= 0.6 is 0 Å². The summed E-state index contributed by atoms with van der Waals surface area (Å²) in [6, 6.07) is 7.79. The highest BCUT2D eigenvalue weighted by molar-refractivity contribution is 5.91. The predicted molar refractivity (Wildman–Crippen MR) is 144 cm³/mol. The lowest BCUT2D eigenvalue weighted by Gasteiger charge is -2.28. The standard InChI is InChI=1S/C29H45N3O5/c1-5-21(4)27-29(36)37-19-23(18-22-14-10-9-11-15-22)30-24(33)16-12-7-6-8-13-17-25(34)31-26(20(2)3)28(35)32-27/h9-11,14-15,20-21,23,26-27H,5-8,12-13,16-19H2,1-4H3,(H,30,33)(H,31,34)(H,32,35)/t21-,23-,26-,27-/m0/s1. The van der Waals surface area contributed by atoms with Gasteiger partial charge in [0.1, 0.15) is 18.7 Å². The first-order valence-corrected chi connectivity index (χ1v) is 13.8. The summed E-state index contributed by atoms with van der Waals surface area (Å²) >= 11 is 0. The van der Waals surface area contributed by atoms with E-state index < -0.39 is 24.0 Å². The van der Waals surface area contributed by atoms with E-state index >= 15 is 0 Å². The highest BCUT2D eigenvalue weighted by Gasteiger charge is 2.32. The van der Waals surface area contributed by atoms with E-state index in [9.17, 15) is 19.2 Å². The number of hydrogen-bond acceptors (Lipinski definition) is 5.